The quantitative estimate of drug-likeness (QED) is 0.649. The van der Waals surface area contributed by atoms with Crippen LogP contribution in [0.3, 0.4) is 0 Å². The van der Waals surface area contributed by atoms with Gasteiger partial charge in [-0.15, -0.1) is 0 Å². The minimum absolute atomic E-state index is 0.296. The van der Waals surface area contributed by atoms with Crippen LogP contribution in [0.25, 0.3) is 0 Å². The van der Waals surface area contributed by atoms with Gasteiger partial charge in [0.1, 0.15) is 5.60 Å². The molecule has 1 fully saturated rings. The van der Waals surface area contributed by atoms with E-state index in [2.05, 4.69) is 6.58 Å². The predicted octanol–water partition coefficient (Wildman–Crippen LogP) is 1.64. The average Bonchev–Trinajstić information content (AvgIpc) is 2.21. The largest absolute Gasteiger partial charge is 0.437 e. The van der Waals surface area contributed by atoms with Gasteiger partial charge in [-0.05, 0) is 13.8 Å². The van der Waals surface area contributed by atoms with E-state index < -0.39 is 11.7 Å². The van der Waals surface area contributed by atoms with Crippen LogP contribution in [0.1, 0.15) is 20.3 Å². The van der Waals surface area contributed by atoms with Crippen molar-refractivity contribution >= 4 is 6.09 Å². The standard InChI is InChI=1S/C9H12N2O2/c1-7-9(2,3)13-8(12)11(7)6-4-5-10/h1,4,6H2,2-3H3. The number of amides is 1. The van der Waals surface area contributed by atoms with Gasteiger partial charge in [0, 0.05) is 6.54 Å². The molecule has 1 rings (SSSR count). The van der Waals surface area contributed by atoms with Crippen molar-refractivity contribution in [2.45, 2.75) is 25.9 Å². The summed E-state index contributed by atoms with van der Waals surface area (Å²) in [6.45, 7) is 7.68. The van der Waals surface area contributed by atoms with Crippen LogP contribution in [-0.2, 0) is 4.74 Å². The van der Waals surface area contributed by atoms with E-state index in [1.54, 1.807) is 13.8 Å². The molecule has 0 radical (unpaired) electrons. The predicted molar refractivity (Wildman–Crippen MR) is 46.6 cm³/mol. The zero-order chi connectivity index (χ0) is 10.1. The molecule has 1 amide bonds. The molecule has 1 saturated heterocycles. The van der Waals surface area contributed by atoms with E-state index in [0.717, 1.165) is 0 Å². The molecule has 0 saturated carbocycles. The number of carbonyl (C=O) groups is 1. The molecule has 0 aromatic carbocycles. The van der Waals surface area contributed by atoms with Crippen LogP contribution in [0.15, 0.2) is 12.3 Å². The van der Waals surface area contributed by atoms with Crippen molar-refractivity contribution in [2.75, 3.05) is 6.54 Å². The van der Waals surface area contributed by atoms with Gasteiger partial charge < -0.3 is 4.74 Å². The van der Waals surface area contributed by atoms with Crippen molar-refractivity contribution in [3.05, 3.63) is 12.3 Å². The minimum Gasteiger partial charge on any atom is -0.437 e. The monoisotopic (exact) mass is 180 g/mol. The first kappa shape index (κ1) is 9.59. The molecular weight excluding hydrogens is 168 g/mol. The van der Waals surface area contributed by atoms with Gasteiger partial charge in [0.15, 0.2) is 0 Å². The number of rotatable bonds is 2. The fraction of sp³-hybridized carbons (Fsp3) is 0.556. The minimum atomic E-state index is -0.632. The van der Waals surface area contributed by atoms with Crippen LogP contribution in [0.2, 0.25) is 0 Å². The summed E-state index contributed by atoms with van der Waals surface area (Å²) in [6, 6.07) is 1.97. The second-order valence-corrected chi connectivity index (χ2v) is 3.38. The summed E-state index contributed by atoms with van der Waals surface area (Å²) in [7, 11) is 0. The Morgan fingerprint density at radius 1 is 1.69 bits per heavy atom. The Morgan fingerprint density at radius 3 is 2.69 bits per heavy atom. The van der Waals surface area contributed by atoms with E-state index in [1.165, 1.54) is 4.90 Å². The molecule has 0 atom stereocenters. The molecule has 1 aliphatic rings. The first-order valence-corrected chi connectivity index (χ1v) is 4.06. The van der Waals surface area contributed by atoms with Crippen molar-refractivity contribution < 1.29 is 9.53 Å². The SMILES string of the molecule is C=C1N(CCC#N)C(=O)OC1(C)C. The van der Waals surface area contributed by atoms with Crippen LogP contribution in [0.4, 0.5) is 4.79 Å². The fourth-order valence-corrected chi connectivity index (χ4v) is 1.16. The van der Waals surface area contributed by atoms with Crippen molar-refractivity contribution in [3.63, 3.8) is 0 Å². The summed E-state index contributed by atoms with van der Waals surface area (Å²) < 4.78 is 5.05. The van der Waals surface area contributed by atoms with Gasteiger partial charge >= 0.3 is 6.09 Å². The van der Waals surface area contributed by atoms with Crippen molar-refractivity contribution in [1.29, 1.82) is 5.26 Å². The van der Waals surface area contributed by atoms with Crippen molar-refractivity contribution in [1.82, 2.24) is 4.90 Å². The molecule has 4 heteroatoms. The topological polar surface area (TPSA) is 53.3 Å². The van der Waals surface area contributed by atoms with Gasteiger partial charge in [-0.3, -0.25) is 4.90 Å². The maximum atomic E-state index is 11.2. The number of nitrogens with zero attached hydrogens (tertiary/aromatic N) is 2. The summed E-state index contributed by atoms with van der Waals surface area (Å²) in [6.07, 6.45) is -0.116. The molecule has 70 valence electrons. The van der Waals surface area contributed by atoms with E-state index in [0.29, 0.717) is 18.7 Å². The third kappa shape index (κ3) is 1.64. The molecule has 13 heavy (non-hydrogen) atoms. The third-order valence-electron chi connectivity index (χ3n) is 2.03. The maximum absolute atomic E-state index is 11.2. The number of hydrogen-bond acceptors (Lipinski definition) is 3. The lowest BCUT2D eigenvalue weighted by Gasteiger charge is -2.18. The molecule has 0 spiro atoms. The number of cyclic esters (lactones) is 1. The van der Waals surface area contributed by atoms with E-state index in [-0.39, 0.29) is 0 Å². The number of nitriles is 1. The third-order valence-corrected chi connectivity index (χ3v) is 2.03. The Bertz CT molecular complexity index is 288. The molecule has 0 unspecified atom stereocenters. The van der Waals surface area contributed by atoms with Crippen molar-refractivity contribution in [2.24, 2.45) is 0 Å². The zero-order valence-corrected chi connectivity index (χ0v) is 7.83. The van der Waals surface area contributed by atoms with Gasteiger partial charge in [0.2, 0.25) is 0 Å². The molecule has 0 aromatic heterocycles. The van der Waals surface area contributed by atoms with Crippen LogP contribution in [-0.4, -0.2) is 23.1 Å². The normalized spacial score (nSPS) is 19.9. The highest BCUT2D eigenvalue weighted by Gasteiger charge is 2.41. The summed E-state index contributed by atoms with van der Waals surface area (Å²) in [4.78, 5) is 12.6. The van der Waals surface area contributed by atoms with E-state index in [1.807, 2.05) is 6.07 Å². The van der Waals surface area contributed by atoms with Crippen LogP contribution >= 0.6 is 0 Å². The smallest absolute Gasteiger partial charge is 0.415 e. The Balaban J connectivity index is 2.72. The maximum Gasteiger partial charge on any atom is 0.415 e. The Labute approximate surface area is 77.4 Å². The number of hydrogen-bond donors (Lipinski definition) is 0. The van der Waals surface area contributed by atoms with E-state index in [4.69, 9.17) is 10.00 Å². The lowest BCUT2D eigenvalue weighted by molar-refractivity contribution is 0.0936. The number of ether oxygens (including phenoxy) is 1. The van der Waals surface area contributed by atoms with Gasteiger partial charge in [-0.25, -0.2) is 4.79 Å². The lowest BCUT2D eigenvalue weighted by Crippen LogP contribution is -2.25. The molecule has 0 aliphatic carbocycles. The average molecular weight is 180 g/mol. The molecule has 4 nitrogen and oxygen atoms in total. The van der Waals surface area contributed by atoms with Gasteiger partial charge in [-0.1, -0.05) is 6.58 Å². The molecule has 1 aliphatic heterocycles. The highest BCUT2D eigenvalue weighted by molar-refractivity contribution is 5.74. The summed E-state index contributed by atoms with van der Waals surface area (Å²) in [5.74, 6) is 0. The zero-order valence-electron chi connectivity index (χ0n) is 7.83. The second-order valence-electron chi connectivity index (χ2n) is 3.38. The highest BCUT2D eigenvalue weighted by Crippen LogP contribution is 2.31. The second kappa shape index (κ2) is 3.09. The fourth-order valence-electron chi connectivity index (χ4n) is 1.16. The highest BCUT2D eigenvalue weighted by atomic mass is 16.6. The Morgan fingerprint density at radius 2 is 2.31 bits per heavy atom. The van der Waals surface area contributed by atoms with Gasteiger partial charge in [-0.2, -0.15) is 5.26 Å². The number of carbonyl (C=O) groups excluding carboxylic acids is 1. The first-order valence-electron chi connectivity index (χ1n) is 4.06. The Kier molecular flexibility index (Phi) is 2.28. The van der Waals surface area contributed by atoms with Crippen molar-refractivity contribution in [3.8, 4) is 6.07 Å². The van der Waals surface area contributed by atoms with Crippen LogP contribution < -0.4 is 0 Å². The van der Waals surface area contributed by atoms with Gasteiger partial charge in [0.25, 0.3) is 0 Å². The Hall–Kier alpha value is -1.50. The molecule has 0 bridgehead atoms. The summed E-state index contributed by atoms with van der Waals surface area (Å²) in [5, 5.41) is 8.37. The first-order chi connectivity index (χ1) is 5.99. The van der Waals surface area contributed by atoms with Crippen LogP contribution in [0, 0.1) is 11.3 Å². The molecule has 1 heterocycles. The van der Waals surface area contributed by atoms with Gasteiger partial charge in [0.05, 0.1) is 18.2 Å². The van der Waals surface area contributed by atoms with Crippen LogP contribution in [0.5, 0.6) is 0 Å². The van der Waals surface area contributed by atoms with E-state index in [9.17, 15) is 4.79 Å². The van der Waals surface area contributed by atoms with E-state index >= 15 is 0 Å². The lowest BCUT2D eigenvalue weighted by atomic mass is 10.1. The summed E-state index contributed by atoms with van der Waals surface area (Å²) in [5.41, 5.74) is -0.0141. The molecule has 0 N–H and O–H groups in total. The molecular formula is C9H12N2O2. The summed E-state index contributed by atoms with van der Waals surface area (Å²) >= 11 is 0. The molecule has 0 aromatic rings.